The van der Waals surface area contributed by atoms with Gasteiger partial charge in [-0.05, 0) is 17.7 Å². The van der Waals surface area contributed by atoms with Crippen LogP contribution in [-0.4, -0.2) is 9.78 Å². The Labute approximate surface area is 107 Å². The molecule has 84 valence electrons. The molecule has 5 heteroatoms. The predicted octanol–water partition coefficient (Wildman–Crippen LogP) is 3.76. The first kappa shape index (κ1) is 11.5. The zero-order valence-corrected chi connectivity index (χ0v) is 11.0. The molecule has 0 aliphatic heterocycles. The first-order chi connectivity index (χ1) is 7.69. The average Bonchev–Trinajstić information content (AvgIpc) is 2.64. The summed E-state index contributed by atoms with van der Waals surface area (Å²) in [6, 6.07) is 5.61. The highest BCUT2D eigenvalue weighted by atomic mass is 79.9. The molecule has 1 aromatic carbocycles. The maximum atomic E-state index is 6.07. The molecule has 2 aromatic rings. The fourth-order valence-corrected chi connectivity index (χ4v) is 2.18. The van der Waals surface area contributed by atoms with Crippen molar-refractivity contribution in [3.8, 4) is 11.5 Å². The Morgan fingerprint density at radius 2 is 2.25 bits per heavy atom. The van der Waals surface area contributed by atoms with Crippen LogP contribution in [0.1, 0.15) is 5.56 Å². The van der Waals surface area contributed by atoms with E-state index in [1.165, 1.54) is 0 Å². The van der Waals surface area contributed by atoms with Crippen LogP contribution in [0, 0.1) is 0 Å². The Balaban J connectivity index is 2.19. The normalized spacial score (nSPS) is 10.4. The fourth-order valence-electron chi connectivity index (χ4n) is 1.29. The molecule has 0 saturated carbocycles. The average molecular weight is 302 g/mol. The molecule has 2 rings (SSSR count). The van der Waals surface area contributed by atoms with E-state index in [2.05, 4.69) is 21.0 Å². The summed E-state index contributed by atoms with van der Waals surface area (Å²) in [6.07, 6.45) is 3.46. The van der Waals surface area contributed by atoms with E-state index in [0.717, 1.165) is 10.9 Å². The molecular formula is C11H10BrClN2O. The molecule has 0 spiro atoms. The van der Waals surface area contributed by atoms with E-state index >= 15 is 0 Å². The van der Waals surface area contributed by atoms with Gasteiger partial charge in [-0.2, -0.15) is 5.10 Å². The van der Waals surface area contributed by atoms with Crippen molar-refractivity contribution < 1.29 is 4.74 Å². The number of aromatic nitrogens is 2. The molecule has 0 unspecified atom stereocenters. The number of alkyl halides is 1. The molecule has 0 N–H and O–H groups in total. The van der Waals surface area contributed by atoms with Gasteiger partial charge in [-0.25, -0.2) is 0 Å². The Kier molecular flexibility index (Phi) is 3.51. The number of hydrogen-bond donors (Lipinski definition) is 0. The minimum absolute atomic E-state index is 0.693. The van der Waals surface area contributed by atoms with Crippen molar-refractivity contribution in [2.45, 2.75) is 5.33 Å². The number of nitrogens with zero attached hydrogens (tertiary/aromatic N) is 2. The first-order valence-electron chi connectivity index (χ1n) is 4.70. The lowest BCUT2D eigenvalue weighted by Crippen LogP contribution is -1.86. The second kappa shape index (κ2) is 4.89. The van der Waals surface area contributed by atoms with Gasteiger partial charge in [0.1, 0.15) is 5.75 Å². The molecular weight excluding hydrogens is 291 g/mol. The summed E-state index contributed by atoms with van der Waals surface area (Å²) < 4.78 is 7.28. The van der Waals surface area contributed by atoms with Crippen molar-refractivity contribution >= 4 is 27.5 Å². The van der Waals surface area contributed by atoms with E-state index < -0.39 is 0 Å². The Bertz CT molecular complexity index is 498. The van der Waals surface area contributed by atoms with E-state index in [1.54, 1.807) is 23.1 Å². The van der Waals surface area contributed by atoms with Gasteiger partial charge in [0.05, 0.1) is 12.4 Å². The van der Waals surface area contributed by atoms with Crippen LogP contribution in [0.3, 0.4) is 0 Å². The number of hydrogen-bond acceptors (Lipinski definition) is 2. The third-order valence-electron chi connectivity index (χ3n) is 2.09. The summed E-state index contributed by atoms with van der Waals surface area (Å²) in [5, 5.41) is 5.45. The molecule has 0 aliphatic rings. The summed E-state index contributed by atoms with van der Waals surface area (Å²) in [4.78, 5) is 0. The molecule has 0 aliphatic carbocycles. The van der Waals surface area contributed by atoms with Gasteiger partial charge in [0.2, 0.25) is 0 Å². The molecule has 3 nitrogen and oxygen atoms in total. The van der Waals surface area contributed by atoms with Crippen molar-refractivity contribution in [3.63, 3.8) is 0 Å². The van der Waals surface area contributed by atoms with Gasteiger partial charge in [-0.15, -0.1) is 0 Å². The molecule has 0 amide bonds. The molecule has 0 bridgehead atoms. The van der Waals surface area contributed by atoms with Crippen molar-refractivity contribution in [2.75, 3.05) is 0 Å². The largest absolute Gasteiger partial charge is 0.454 e. The highest BCUT2D eigenvalue weighted by Gasteiger charge is 2.03. The summed E-state index contributed by atoms with van der Waals surface area (Å²) in [5.74, 6) is 1.41. The summed E-state index contributed by atoms with van der Waals surface area (Å²) in [7, 11) is 1.84. The zero-order valence-electron chi connectivity index (χ0n) is 8.65. The van der Waals surface area contributed by atoms with E-state index in [9.17, 15) is 0 Å². The number of rotatable bonds is 3. The van der Waals surface area contributed by atoms with Gasteiger partial charge in [0.25, 0.3) is 0 Å². The number of aryl methyl sites for hydroxylation is 1. The summed E-state index contributed by atoms with van der Waals surface area (Å²) >= 11 is 9.43. The second-order valence-electron chi connectivity index (χ2n) is 3.34. The molecule has 1 heterocycles. The quantitative estimate of drug-likeness (QED) is 0.807. The monoisotopic (exact) mass is 300 g/mol. The number of ether oxygens (including phenoxy) is 1. The minimum Gasteiger partial charge on any atom is -0.454 e. The minimum atomic E-state index is 0.693. The molecule has 0 fully saturated rings. The highest BCUT2D eigenvalue weighted by molar-refractivity contribution is 9.08. The predicted molar refractivity (Wildman–Crippen MR) is 67.4 cm³/mol. The topological polar surface area (TPSA) is 27.1 Å². The lowest BCUT2D eigenvalue weighted by Gasteiger charge is -2.05. The fraction of sp³-hybridized carbons (Fsp3) is 0.182. The molecule has 0 saturated heterocycles. The van der Waals surface area contributed by atoms with Crippen LogP contribution in [-0.2, 0) is 12.4 Å². The van der Waals surface area contributed by atoms with Crippen molar-refractivity contribution in [2.24, 2.45) is 7.05 Å². The van der Waals surface area contributed by atoms with E-state index in [4.69, 9.17) is 16.3 Å². The first-order valence-corrected chi connectivity index (χ1v) is 6.20. The van der Waals surface area contributed by atoms with Gasteiger partial charge in [-0.1, -0.05) is 33.6 Å². The van der Waals surface area contributed by atoms with Gasteiger partial charge in [-0.3, -0.25) is 4.68 Å². The second-order valence-corrected chi connectivity index (χ2v) is 4.31. The smallest absolute Gasteiger partial charge is 0.165 e. The van der Waals surface area contributed by atoms with Crippen LogP contribution in [0.25, 0.3) is 0 Å². The number of benzene rings is 1. The zero-order chi connectivity index (χ0) is 11.5. The SMILES string of the molecule is Cn1cc(Oc2ccc(CBr)c(Cl)c2)cn1. The highest BCUT2D eigenvalue weighted by Crippen LogP contribution is 2.27. The van der Waals surface area contributed by atoms with Crippen LogP contribution in [0.4, 0.5) is 0 Å². The van der Waals surface area contributed by atoms with Crippen LogP contribution in [0.2, 0.25) is 5.02 Å². The van der Waals surface area contributed by atoms with Gasteiger partial charge in [0, 0.05) is 17.4 Å². The Hall–Kier alpha value is -1.00. The van der Waals surface area contributed by atoms with Crippen LogP contribution < -0.4 is 4.74 Å². The lowest BCUT2D eigenvalue weighted by molar-refractivity contribution is 0.482. The summed E-state index contributed by atoms with van der Waals surface area (Å²) in [6.45, 7) is 0. The molecule has 0 radical (unpaired) electrons. The van der Waals surface area contributed by atoms with Gasteiger partial charge < -0.3 is 4.74 Å². The van der Waals surface area contributed by atoms with Crippen molar-refractivity contribution in [1.29, 1.82) is 0 Å². The van der Waals surface area contributed by atoms with E-state index in [0.29, 0.717) is 16.5 Å². The van der Waals surface area contributed by atoms with E-state index in [-0.39, 0.29) is 0 Å². The van der Waals surface area contributed by atoms with Crippen molar-refractivity contribution in [3.05, 3.63) is 41.2 Å². The third kappa shape index (κ3) is 2.57. The molecule has 0 atom stereocenters. The molecule has 1 aromatic heterocycles. The van der Waals surface area contributed by atoms with Gasteiger partial charge >= 0.3 is 0 Å². The Morgan fingerprint density at radius 3 is 2.81 bits per heavy atom. The van der Waals surface area contributed by atoms with Gasteiger partial charge in [0.15, 0.2) is 5.75 Å². The maximum absolute atomic E-state index is 6.07. The van der Waals surface area contributed by atoms with Crippen LogP contribution >= 0.6 is 27.5 Å². The van der Waals surface area contributed by atoms with E-state index in [1.807, 2.05) is 19.2 Å². The van der Waals surface area contributed by atoms with Crippen LogP contribution in [0.15, 0.2) is 30.6 Å². The summed E-state index contributed by atoms with van der Waals surface area (Å²) in [5.41, 5.74) is 1.04. The number of halogens is 2. The third-order valence-corrected chi connectivity index (χ3v) is 3.04. The Morgan fingerprint density at radius 1 is 1.44 bits per heavy atom. The standard InChI is InChI=1S/C11H10BrClN2O/c1-15-7-10(6-14-15)16-9-3-2-8(5-12)11(13)4-9/h2-4,6-7H,5H2,1H3. The maximum Gasteiger partial charge on any atom is 0.165 e. The lowest BCUT2D eigenvalue weighted by atomic mass is 10.2. The van der Waals surface area contributed by atoms with Crippen LogP contribution in [0.5, 0.6) is 11.5 Å². The molecule has 16 heavy (non-hydrogen) atoms. The van der Waals surface area contributed by atoms with Crippen molar-refractivity contribution in [1.82, 2.24) is 9.78 Å².